The zero-order valence-electron chi connectivity index (χ0n) is 9.75. The van der Waals surface area contributed by atoms with Gasteiger partial charge < -0.3 is 15.8 Å². The molecule has 3 N–H and O–H groups in total. The average Bonchev–Trinajstić information content (AvgIpc) is 2.35. The van der Waals surface area contributed by atoms with Crippen LogP contribution in [0.3, 0.4) is 0 Å². The van der Waals surface area contributed by atoms with Crippen molar-refractivity contribution < 1.29 is 17.9 Å². The van der Waals surface area contributed by atoms with Crippen LogP contribution in [-0.2, 0) is 0 Å². The highest BCUT2D eigenvalue weighted by Gasteiger charge is 2.15. The lowest BCUT2D eigenvalue weighted by Crippen LogP contribution is -2.04. The Bertz CT molecular complexity index is 621. The number of rotatable bonds is 3. The summed E-state index contributed by atoms with van der Waals surface area (Å²) in [5.41, 5.74) is 5.10. The van der Waals surface area contributed by atoms with Gasteiger partial charge >= 0.3 is 0 Å². The first-order valence-electron chi connectivity index (χ1n) is 5.09. The normalized spacial score (nSPS) is 10.3. The number of hydrogen-bond donors (Lipinski definition) is 2. The van der Waals surface area contributed by atoms with E-state index >= 15 is 0 Å². The topological polar surface area (TPSA) is 73.1 Å². The average molecular weight is 270 g/mol. The number of methoxy groups -OCH3 is 1. The maximum absolute atomic E-state index is 13.5. The summed E-state index contributed by atoms with van der Waals surface area (Å²) in [7, 11) is 1.31. The lowest BCUT2D eigenvalue weighted by molar-refractivity contribution is 0.415. The maximum atomic E-state index is 13.5. The molecule has 0 saturated carbocycles. The first-order valence-corrected chi connectivity index (χ1v) is 5.09. The number of benzene rings is 1. The predicted molar refractivity (Wildman–Crippen MR) is 62.6 cm³/mol. The molecule has 1 aromatic heterocycles. The first kappa shape index (κ1) is 12.9. The van der Waals surface area contributed by atoms with E-state index in [1.807, 2.05) is 0 Å². The van der Waals surface area contributed by atoms with Crippen LogP contribution in [-0.4, -0.2) is 17.1 Å². The summed E-state index contributed by atoms with van der Waals surface area (Å²) in [5, 5.41) is 2.40. The zero-order valence-corrected chi connectivity index (χ0v) is 9.75. The van der Waals surface area contributed by atoms with E-state index < -0.39 is 23.1 Å². The molecule has 0 aliphatic rings. The largest absolute Gasteiger partial charge is 0.490 e. The van der Waals surface area contributed by atoms with Crippen LogP contribution >= 0.6 is 0 Å². The van der Waals surface area contributed by atoms with Gasteiger partial charge in [0.15, 0.2) is 23.3 Å². The number of hydrogen-bond acceptors (Lipinski definition) is 5. The zero-order chi connectivity index (χ0) is 14.0. The number of aromatic nitrogens is 2. The lowest BCUT2D eigenvalue weighted by Gasteiger charge is -2.11. The molecule has 2 aromatic rings. The molecule has 0 spiro atoms. The van der Waals surface area contributed by atoms with Crippen molar-refractivity contribution >= 4 is 17.3 Å². The number of halogens is 3. The monoisotopic (exact) mass is 270 g/mol. The molecule has 1 heterocycles. The molecule has 2 rings (SSSR count). The van der Waals surface area contributed by atoms with Crippen molar-refractivity contribution in [3.8, 4) is 5.75 Å². The molecule has 0 unspecified atom stereocenters. The Kier molecular flexibility index (Phi) is 3.41. The van der Waals surface area contributed by atoms with Gasteiger partial charge in [-0.1, -0.05) is 0 Å². The van der Waals surface area contributed by atoms with Crippen LogP contribution in [0.15, 0.2) is 18.5 Å². The third-order valence-corrected chi connectivity index (χ3v) is 2.28. The summed E-state index contributed by atoms with van der Waals surface area (Å²) in [6, 6.07) is 1.22. The van der Waals surface area contributed by atoms with Gasteiger partial charge in [-0.15, -0.1) is 0 Å². The number of nitrogen functional groups attached to an aromatic ring is 1. The molecule has 8 heteroatoms. The molecule has 5 nitrogen and oxygen atoms in total. The highest BCUT2D eigenvalue weighted by Crippen LogP contribution is 2.30. The van der Waals surface area contributed by atoms with Crippen molar-refractivity contribution in [1.82, 2.24) is 9.97 Å². The van der Waals surface area contributed by atoms with Crippen LogP contribution in [0.5, 0.6) is 5.75 Å². The molecule has 0 aliphatic carbocycles. The van der Waals surface area contributed by atoms with E-state index in [1.54, 1.807) is 0 Å². The minimum absolute atomic E-state index is 0.00102. The number of nitrogens with two attached hydrogens (primary N) is 1. The second kappa shape index (κ2) is 5.01. The van der Waals surface area contributed by atoms with Crippen molar-refractivity contribution in [2.45, 2.75) is 0 Å². The predicted octanol–water partition coefficient (Wildman–Crippen LogP) is 2.23. The molecule has 1 aromatic carbocycles. The van der Waals surface area contributed by atoms with Gasteiger partial charge in [-0.3, -0.25) is 0 Å². The van der Waals surface area contributed by atoms with Crippen molar-refractivity contribution in [3.05, 3.63) is 35.9 Å². The van der Waals surface area contributed by atoms with E-state index in [1.165, 1.54) is 7.11 Å². The summed E-state index contributed by atoms with van der Waals surface area (Å²) < 4.78 is 44.5. The highest BCUT2D eigenvalue weighted by atomic mass is 19.2. The standard InChI is InChI=1S/C11H9F3N4O/c1-19-9-10(15)16-4-17-11(9)18-7-3-5(12)2-6(13)8(7)14/h2-4H,1H3,(H3,15,16,17,18). The third-order valence-electron chi connectivity index (χ3n) is 2.28. The smallest absolute Gasteiger partial charge is 0.204 e. The van der Waals surface area contributed by atoms with Crippen LogP contribution in [0.2, 0.25) is 0 Å². The maximum Gasteiger partial charge on any atom is 0.204 e. The van der Waals surface area contributed by atoms with E-state index in [9.17, 15) is 13.2 Å². The molecule has 0 fully saturated rings. The fourth-order valence-electron chi connectivity index (χ4n) is 1.45. The van der Waals surface area contributed by atoms with Gasteiger partial charge in [0.05, 0.1) is 12.8 Å². The van der Waals surface area contributed by atoms with E-state index in [2.05, 4.69) is 15.3 Å². The Labute approximate surface area is 106 Å². The molecule has 0 amide bonds. The molecule has 0 aliphatic heterocycles. The summed E-state index contributed by atoms with van der Waals surface area (Å²) >= 11 is 0. The van der Waals surface area contributed by atoms with Crippen molar-refractivity contribution in [3.63, 3.8) is 0 Å². The summed E-state index contributed by atoms with van der Waals surface area (Å²) in [5.74, 6) is -3.42. The van der Waals surface area contributed by atoms with Gasteiger partial charge in [-0.2, -0.15) is 0 Å². The van der Waals surface area contributed by atoms with Gasteiger partial charge in [0.1, 0.15) is 12.1 Å². The molecular formula is C11H9F3N4O. The Balaban J connectivity index is 2.45. The highest BCUT2D eigenvalue weighted by molar-refractivity contribution is 5.68. The summed E-state index contributed by atoms with van der Waals surface area (Å²) in [6.45, 7) is 0. The van der Waals surface area contributed by atoms with Gasteiger partial charge in [-0.25, -0.2) is 23.1 Å². The Morgan fingerprint density at radius 2 is 1.95 bits per heavy atom. The lowest BCUT2D eigenvalue weighted by atomic mass is 10.2. The van der Waals surface area contributed by atoms with E-state index in [0.29, 0.717) is 6.07 Å². The number of nitrogens with one attached hydrogen (secondary N) is 1. The van der Waals surface area contributed by atoms with Crippen LogP contribution in [0, 0.1) is 17.5 Å². The van der Waals surface area contributed by atoms with Crippen LogP contribution in [0.25, 0.3) is 0 Å². The molecule has 0 radical (unpaired) electrons. The first-order chi connectivity index (χ1) is 9.02. The van der Waals surface area contributed by atoms with Gasteiger partial charge in [0.25, 0.3) is 0 Å². The molecular weight excluding hydrogens is 261 g/mol. The van der Waals surface area contributed by atoms with E-state index in [-0.39, 0.29) is 17.4 Å². The minimum atomic E-state index is -1.32. The molecule has 0 saturated heterocycles. The Morgan fingerprint density at radius 1 is 1.21 bits per heavy atom. The van der Waals surface area contributed by atoms with Gasteiger partial charge in [0, 0.05) is 12.1 Å². The second-order valence-corrected chi connectivity index (χ2v) is 3.51. The Hall–Kier alpha value is -2.51. The number of ether oxygens (including phenoxy) is 1. The quantitative estimate of drug-likeness (QED) is 0.837. The van der Waals surface area contributed by atoms with Gasteiger partial charge in [-0.05, 0) is 0 Å². The fourth-order valence-corrected chi connectivity index (χ4v) is 1.45. The van der Waals surface area contributed by atoms with Crippen LogP contribution in [0.1, 0.15) is 0 Å². The second-order valence-electron chi connectivity index (χ2n) is 3.51. The van der Waals surface area contributed by atoms with Crippen LogP contribution in [0.4, 0.5) is 30.5 Å². The summed E-state index contributed by atoms with van der Waals surface area (Å²) in [6.07, 6.45) is 1.10. The van der Waals surface area contributed by atoms with Crippen molar-refractivity contribution in [2.75, 3.05) is 18.2 Å². The van der Waals surface area contributed by atoms with E-state index in [4.69, 9.17) is 10.5 Å². The van der Waals surface area contributed by atoms with Gasteiger partial charge in [0.2, 0.25) is 5.75 Å². The molecule has 100 valence electrons. The minimum Gasteiger partial charge on any atom is -0.490 e. The molecule has 0 atom stereocenters. The number of nitrogens with zero attached hydrogens (tertiary/aromatic N) is 2. The van der Waals surface area contributed by atoms with Crippen LogP contribution < -0.4 is 15.8 Å². The molecule has 0 bridgehead atoms. The summed E-state index contributed by atoms with van der Waals surface area (Å²) in [4.78, 5) is 7.44. The van der Waals surface area contributed by atoms with E-state index in [0.717, 1.165) is 12.4 Å². The SMILES string of the molecule is COc1c(N)ncnc1Nc1cc(F)cc(F)c1F. The molecule has 19 heavy (non-hydrogen) atoms. The Morgan fingerprint density at radius 3 is 2.63 bits per heavy atom. The fraction of sp³-hybridized carbons (Fsp3) is 0.0909. The van der Waals surface area contributed by atoms with Crippen molar-refractivity contribution in [1.29, 1.82) is 0 Å². The van der Waals surface area contributed by atoms with Crippen molar-refractivity contribution in [2.24, 2.45) is 0 Å². The third kappa shape index (κ3) is 2.51. The number of anilines is 3.